The van der Waals surface area contributed by atoms with Crippen molar-refractivity contribution in [3.05, 3.63) is 10.8 Å². The molecular weight excluding hydrogens is 279 g/mol. The summed E-state index contributed by atoms with van der Waals surface area (Å²) in [5, 5.41) is 2.67. The van der Waals surface area contributed by atoms with Gasteiger partial charge in [-0.25, -0.2) is 9.97 Å². The maximum Gasteiger partial charge on any atom is 0.422 e. The van der Waals surface area contributed by atoms with Crippen LogP contribution in [0.15, 0.2) is 10.8 Å². The van der Waals surface area contributed by atoms with Crippen LogP contribution >= 0.6 is 15.9 Å². The molecule has 1 aromatic rings. The van der Waals surface area contributed by atoms with Crippen molar-refractivity contribution in [1.29, 1.82) is 0 Å². The monoisotopic (exact) mass is 285 g/mol. The molecule has 0 aliphatic carbocycles. The van der Waals surface area contributed by atoms with E-state index in [0.717, 1.165) is 6.33 Å². The Balaban J connectivity index is 2.78. The maximum absolute atomic E-state index is 11.9. The highest BCUT2D eigenvalue weighted by Crippen LogP contribution is 2.29. The lowest BCUT2D eigenvalue weighted by molar-refractivity contribution is -0.154. The molecule has 0 amide bonds. The van der Waals surface area contributed by atoms with Crippen LogP contribution < -0.4 is 10.1 Å². The van der Waals surface area contributed by atoms with Crippen LogP contribution in [0.5, 0.6) is 5.88 Å². The van der Waals surface area contributed by atoms with Gasteiger partial charge in [-0.15, -0.1) is 0 Å². The van der Waals surface area contributed by atoms with Gasteiger partial charge in [0.25, 0.3) is 0 Å². The number of hydrogen-bond donors (Lipinski definition) is 1. The molecule has 8 heteroatoms. The predicted octanol–water partition coefficient (Wildman–Crippen LogP) is 2.22. The van der Waals surface area contributed by atoms with E-state index in [2.05, 4.69) is 36.0 Å². The smallest absolute Gasteiger partial charge is 0.422 e. The summed E-state index contributed by atoms with van der Waals surface area (Å²) in [6, 6.07) is 0. The second-order valence-corrected chi connectivity index (χ2v) is 3.29. The van der Waals surface area contributed by atoms with Gasteiger partial charge in [0.15, 0.2) is 6.61 Å². The summed E-state index contributed by atoms with van der Waals surface area (Å²) in [6.45, 7) is -1.38. The van der Waals surface area contributed by atoms with Crippen molar-refractivity contribution < 1.29 is 17.9 Å². The number of aromatic nitrogens is 2. The second-order valence-electron chi connectivity index (χ2n) is 2.50. The molecule has 0 unspecified atom stereocenters. The molecule has 0 atom stereocenters. The van der Waals surface area contributed by atoms with E-state index < -0.39 is 12.8 Å². The van der Waals surface area contributed by atoms with E-state index >= 15 is 0 Å². The van der Waals surface area contributed by atoms with Gasteiger partial charge in [-0.2, -0.15) is 13.2 Å². The molecule has 15 heavy (non-hydrogen) atoms. The summed E-state index contributed by atoms with van der Waals surface area (Å²) in [4.78, 5) is 7.34. The molecule has 0 aliphatic rings. The summed E-state index contributed by atoms with van der Waals surface area (Å²) < 4.78 is 40.3. The van der Waals surface area contributed by atoms with Gasteiger partial charge in [0.1, 0.15) is 16.6 Å². The quantitative estimate of drug-likeness (QED) is 0.925. The Morgan fingerprint density at radius 3 is 2.67 bits per heavy atom. The van der Waals surface area contributed by atoms with Gasteiger partial charge in [0.05, 0.1) is 0 Å². The highest BCUT2D eigenvalue weighted by atomic mass is 79.9. The highest BCUT2D eigenvalue weighted by Gasteiger charge is 2.29. The fourth-order valence-electron chi connectivity index (χ4n) is 0.779. The standard InChI is InChI=1S/C7H7BrF3N3O/c1-12-5-4(8)6(14-3-13-5)15-2-7(9,10)11/h3H,2H2,1H3,(H,12,13,14). The molecule has 0 saturated carbocycles. The Hall–Kier alpha value is -1.05. The first-order valence-electron chi connectivity index (χ1n) is 3.82. The second kappa shape index (κ2) is 4.65. The van der Waals surface area contributed by atoms with Crippen molar-refractivity contribution in [2.75, 3.05) is 19.0 Å². The summed E-state index contributed by atoms with van der Waals surface area (Å²) in [5.41, 5.74) is 0. The summed E-state index contributed by atoms with van der Waals surface area (Å²) in [6.07, 6.45) is -3.27. The number of halogens is 4. The van der Waals surface area contributed by atoms with Crippen molar-refractivity contribution in [3.63, 3.8) is 0 Å². The first kappa shape index (κ1) is 12.0. The Kier molecular flexibility index (Phi) is 3.72. The zero-order valence-electron chi connectivity index (χ0n) is 7.60. The van der Waals surface area contributed by atoms with E-state index in [0.29, 0.717) is 5.82 Å². The van der Waals surface area contributed by atoms with Gasteiger partial charge < -0.3 is 10.1 Å². The van der Waals surface area contributed by atoms with Crippen LogP contribution in [-0.4, -0.2) is 29.8 Å². The van der Waals surface area contributed by atoms with Crippen molar-refractivity contribution >= 4 is 21.7 Å². The maximum atomic E-state index is 11.9. The molecule has 84 valence electrons. The molecule has 0 spiro atoms. The largest absolute Gasteiger partial charge is 0.467 e. The molecule has 1 heterocycles. The van der Waals surface area contributed by atoms with Crippen LogP contribution in [0.3, 0.4) is 0 Å². The lowest BCUT2D eigenvalue weighted by Gasteiger charge is -2.10. The molecule has 0 saturated heterocycles. The van der Waals surface area contributed by atoms with Gasteiger partial charge >= 0.3 is 6.18 Å². The van der Waals surface area contributed by atoms with Gasteiger partial charge in [-0.3, -0.25) is 0 Å². The van der Waals surface area contributed by atoms with E-state index in [1.54, 1.807) is 7.05 Å². The zero-order valence-corrected chi connectivity index (χ0v) is 9.18. The van der Waals surface area contributed by atoms with Crippen LogP contribution in [0, 0.1) is 0 Å². The molecule has 0 radical (unpaired) electrons. The summed E-state index contributed by atoms with van der Waals surface area (Å²) in [7, 11) is 1.58. The van der Waals surface area contributed by atoms with Gasteiger partial charge in [-0.05, 0) is 15.9 Å². The van der Waals surface area contributed by atoms with Crippen LogP contribution in [0.2, 0.25) is 0 Å². The third-order valence-electron chi connectivity index (χ3n) is 1.37. The minimum absolute atomic E-state index is 0.147. The van der Waals surface area contributed by atoms with Crippen molar-refractivity contribution in [2.45, 2.75) is 6.18 Å². The Labute approximate surface area is 92.0 Å². The van der Waals surface area contributed by atoms with Crippen molar-refractivity contribution in [2.24, 2.45) is 0 Å². The van der Waals surface area contributed by atoms with E-state index in [1.165, 1.54) is 0 Å². The van der Waals surface area contributed by atoms with Crippen LogP contribution in [-0.2, 0) is 0 Å². The molecular formula is C7H7BrF3N3O. The minimum Gasteiger partial charge on any atom is -0.467 e. The van der Waals surface area contributed by atoms with E-state index in [1.807, 2.05) is 0 Å². The number of nitrogens with one attached hydrogen (secondary N) is 1. The van der Waals surface area contributed by atoms with Crippen LogP contribution in [0.4, 0.5) is 19.0 Å². The molecule has 0 fully saturated rings. The molecule has 0 aromatic carbocycles. The SMILES string of the molecule is CNc1ncnc(OCC(F)(F)F)c1Br. The number of alkyl halides is 3. The molecule has 1 aromatic heterocycles. The molecule has 4 nitrogen and oxygen atoms in total. The fraction of sp³-hybridized carbons (Fsp3) is 0.429. The predicted molar refractivity (Wildman–Crippen MR) is 50.8 cm³/mol. The Morgan fingerprint density at radius 1 is 1.47 bits per heavy atom. The van der Waals surface area contributed by atoms with Crippen LogP contribution in [0.1, 0.15) is 0 Å². The topological polar surface area (TPSA) is 47.0 Å². The van der Waals surface area contributed by atoms with Crippen LogP contribution in [0.25, 0.3) is 0 Å². The van der Waals surface area contributed by atoms with E-state index in [9.17, 15) is 13.2 Å². The third kappa shape index (κ3) is 3.54. The van der Waals surface area contributed by atoms with Gasteiger partial charge in [0, 0.05) is 7.05 Å². The van der Waals surface area contributed by atoms with Crippen molar-refractivity contribution in [3.8, 4) is 5.88 Å². The molecule has 1 N–H and O–H groups in total. The van der Waals surface area contributed by atoms with Gasteiger partial charge in [-0.1, -0.05) is 0 Å². The number of hydrogen-bond acceptors (Lipinski definition) is 4. The molecule has 0 bridgehead atoms. The van der Waals surface area contributed by atoms with Gasteiger partial charge in [0.2, 0.25) is 5.88 Å². The number of rotatable bonds is 3. The lowest BCUT2D eigenvalue weighted by atomic mass is 10.5. The lowest BCUT2D eigenvalue weighted by Crippen LogP contribution is -2.20. The number of anilines is 1. The Bertz CT molecular complexity index is 345. The minimum atomic E-state index is -4.38. The molecule has 0 aliphatic heterocycles. The summed E-state index contributed by atoms with van der Waals surface area (Å²) >= 11 is 3.03. The normalized spacial score (nSPS) is 11.3. The Morgan fingerprint density at radius 2 is 2.13 bits per heavy atom. The van der Waals surface area contributed by atoms with E-state index in [-0.39, 0.29) is 10.4 Å². The highest BCUT2D eigenvalue weighted by molar-refractivity contribution is 9.10. The number of nitrogens with zero attached hydrogens (tertiary/aromatic N) is 2. The fourth-order valence-corrected chi connectivity index (χ4v) is 1.30. The first-order chi connectivity index (χ1) is 6.94. The van der Waals surface area contributed by atoms with E-state index in [4.69, 9.17) is 0 Å². The zero-order chi connectivity index (χ0) is 11.5. The molecule has 1 rings (SSSR count). The average Bonchev–Trinajstić information content (AvgIpc) is 2.15. The first-order valence-corrected chi connectivity index (χ1v) is 4.61. The summed E-state index contributed by atoms with van der Waals surface area (Å²) in [5.74, 6) is 0.217. The average molecular weight is 286 g/mol. The van der Waals surface area contributed by atoms with Crippen molar-refractivity contribution in [1.82, 2.24) is 9.97 Å². The number of ether oxygens (including phenoxy) is 1. The third-order valence-corrected chi connectivity index (χ3v) is 2.08.